The summed E-state index contributed by atoms with van der Waals surface area (Å²) in [5, 5.41) is 13.6. The Morgan fingerprint density at radius 2 is 1.65 bits per heavy atom. The Bertz CT molecular complexity index is 915. The van der Waals surface area contributed by atoms with E-state index >= 15 is 0 Å². The maximum Gasteiger partial charge on any atom is 0.225 e. The number of nitrogens with zero attached hydrogens (tertiary/aromatic N) is 2. The normalized spacial score (nSPS) is 13.4. The van der Waals surface area contributed by atoms with Gasteiger partial charge in [0.25, 0.3) is 0 Å². The molecule has 1 aliphatic rings. The minimum atomic E-state index is 0.0483. The molecule has 1 aliphatic heterocycles. The average molecular weight is 480 g/mol. The molecule has 5 heteroatoms. The van der Waals surface area contributed by atoms with Gasteiger partial charge in [0, 0.05) is 30.9 Å². The number of amides is 1. The average Bonchev–Trinajstić information content (AvgIpc) is 3.19. The molecule has 0 radical (unpaired) electrons. The van der Waals surface area contributed by atoms with Crippen LogP contribution in [0.15, 0.2) is 30.3 Å². The molecule has 1 N–H and O–H groups in total. The number of thiophene rings is 1. The predicted octanol–water partition coefficient (Wildman–Crippen LogP) is 7.82. The minimum Gasteiger partial charge on any atom is -0.317 e. The van der Waals surface area contributed by atoms with Gasteiger partial charge in [-0.25, -0.2) is 0 Å². The zero-order valence-corrected chi connectivity index (χ0v) is 21.7. The fourth-order valence-corrected chi connectivity index (χ4v) is 6.03. The van der Waals surface area contributed by atoms with E-state index in [1.165, 1.54) is 68.2 Å². The second-order valence-electron chi connectivity index (χ2n) is 9.60. The van der Waals surface area contributed by atoms with Crippen molar-refractivity contribution in [2.75, 3.05) is 11.9 Å². The third-order valence-corrected chi connectivity index (χ3v) is 7.89. The fraction of sp³-hybridized carbons (Fsp3) is 0.586. The van der Waals surface area contributed by atoms with E-state index in [-0.39, 0.29) is 5.91 Å². The Kier molecular flexibility index (Phi) is 11.6. The van der Waals surface area contributed by atoms with Crippen LogP contribution in [0.3, 0.4) is 0 Å². The molecule has 2 heterocycles. The molecule has 4 nitrogen and oxygen atoms in total. The molecule has 0 saturated carbocycles. The molecule has 0 bridgehead atoms. The number of nitrogens with one attached hydrogen (secondary N) is 1. The monoisotopic (exact) mass is 479 g/mol. The summed E-state index contributed by atoms with van der Waals surface area (Å²) in [6.07, 6.45) is 15.5. The highest BCUT2D eigenvalue weighted by molar-refractivity contribution is 7.16. The second-order valence-corrected chi connectivity index (χ2v) is 10.7. The Labute approximate surface area is 210 Å². The number of anilines is 1. The van der Waals surface area contributed by atoms with Crippen molar-refractivity contribution in [3.8, 4) is 6.07 Å². The van der Waals surface area contributed by atoms with Crippen LogP contribution < -0.4 is 5.32 Å². The topological polar surface area (TPSA) is 56.1 Å². The first-order valence-corrected chi connectivity index (χ1v) is 14.1. The van der Waals surface area contributed by atoms with Crippen LogP contribution in [-0.4, -0.2) is 17.4 Å². The molecule has 0 atom stereocenters. The maximum atomic E-state index is 12.5. The van der Waals surface area contributed by atoms with Gasteiger partial charge in [0.1, 0.15) is 11.1 Å². The van der Waals surface area contributed by atoms with Crippen molar-refractivity contribution in [1.29, 1.82) is 5.26 Å². The SMILES string of the molecule is CCCCCCCCCCCCCC(=O)Nc1sc2c(c1C#N)CCN(Cc1ccccc1)C2. The van der Waals surface area contributed by atoms with Crippen LogP contribution in [0.5, 0.6) is 0 Å². The van der Waals surface area contributed by atoms with Crippen LogP contribution in [0.4, 0.5) is 5.00 Å². The van der Waals surface area contributed by atoms with Gasteiger partial charge in [-0.3, -0.25) is 9.69 Å². The van der Waals surface area contributed by atoms with E-state index in [0.717, 1.165) is 49.5 Å². The van der Waals surface area contributed by atoms with Gasteiger partial charge in [-0.2, -0.15) is 5.26 Å². The van der Waals surface area contributed by atoms with E-state index in [1.807, 2.05) is 6.07 Å². The first-order chi connectivity index (χ1) is 16.7. The number of carbonyl (C=O) groups excluding carboxylic acids is 1. The number of fused-ring (bicyclic) bond motifs is 1. The van der Waals surface area contributed by atoms with Crippen molar-refractivity contribution >= 4 is 22.2 Å². The molecule has 1 amide bonds. The zero-order chi connectivity index (χ0) is 24.0. The molecule has 184 valence electrons. The van der Waals surface area contributed by atoms with E-state index in [1.54, 1.807) is 11.3 Å². The molecule has 1 aromatic carbocycles. The third-order valence-electron chi connectivity index (χ3n) is 6.76. The van der Waals surface area contributed by atoms with Gasteiger partial charge in [0.2, 0.25) is 5.91 Å². The number of unbranched alkanes of at least 4 members (excludes halogenated alkanes) is 10. The highest BCUT2D eigenvalue weighted by atomic mass is 32.1. The van der Waals surface area contributed by atoms with Gasteiger partial charge in [-0.15, -0.1) is 11.3 Å². The lowest BCUT2D eigenvalue weighted by molar-refractivity contribution is -0.116. The first kappa shape index (κ1) is 26.4. The van der Waals surface area contributed by atoms with Crippen molar-refractivity contribution in [2.45, 2.75) is 103 Å². The minimum absolute atomic E-state index is 0.0483. The highest BCUT2D eigenvalue weighted by Gasteiger charge is 2.25. The number of nitriles is 1. The van der Waals surface area contributed by atoms with Crippen molar-refractivity contribution in [1.82, 2.24) is 4.90 Å². The Morgan fingerprint density at radius 3 is 2.29 bits per heavy atom. The molecule has 0 aliphatic carbocycles. The lowest BCUT2D eigenvalue weighted by Gasteiger charge is -2.26. The second kappa shape index (κ2) is 15.0. The Balaban J connectivity index is 1.36. The number of rotatable bonds is 15. The van der Waals surface area contributed by atoms with E-state index in [9.17, 15) is 10.1 Å². The molecular formula is C29H41N3OS. The molecule has 0 fully saturated rings. The van der Waals surface area contributed by atoms with E-state index in [0.29, 0.717) is 12.0 Å². The van der Waals surface area contributed by atoms with Crippen LogP contribution in [0.1, 0.15) is 106 Å². The summed E-state index contributed by atoms with van der Waals surface area (Å²) in [6, 6.07) is 12.9. The zero-order valence-electron chi connectivity index (χ0n) is 20.9. The highest BCUT2D eigenvalue weighted by Crippen LogP contribution is 2.37. The van der Waals surface area contributed by atoms with Crippen molar-refractivity contribution in [3.05, 3.63) is 51.9 Å². The number of hydrogen-bond acceptors (Lipinski definition) is 4. The van der Waals surface area contributed by atoms with Crippen LogP contribution in [0.2, 0.25) is 0 Å². The van der Waals surface area contributed by atoms with Gasteiger partial charge in [-0.05, 0) is 24.0 Å². The smallest absolute Gasteiger partial charge is 0.225 e. The summed E-state index contributed by atoms with van der Waals surface area (Å²) in [6.45, 7) is 4.97. The fourth-order valence-electron chi connectivity index (χ4n) is 4.78. The summed E-state index contributed by atoms with van der Waals surface area (Å²) in [4.78, 5) is 16.2. The van der Waals surface area contributed by atoms with E-state index in [4.69, 9.17) is 0 Å². The molecule has 0 saturated heterocycles. The standard InChI is InChI=1S/C29H41N3OS/c1-2-3-4-5-6-7-8-9-10-11-15-18-28(33)31-29-26(21-30)25-19-20-32(23-27(25)34-29)22-24-16-13-12-14-17-24/h12-14,16-17H,2-11,15,18-20,22-23H2,1H3,(H,31,33). The molecule has 2 aromatic rings. The summed E-state index contributed by atoms with van der Waals surface area (Å²) in [5.41, 5.74) is 3.14. The number of carbonyl (C=O) groups is 1. The molecule has 1 aromatic heterocycles. The van der Waals surface area contributed by atoms with Crippen LogP contribution in [0, 0.1) is 11.3 Å². The van der Waals surface area contributed by atoms with Gasteiger partial charge in [0.15, 0.2) is 0 Å². The van der Waals surface area contributed by atoms with Gasteiger partial charge in [-0.1, -0.05) is 101 Å². The van der Waals surface area contributed by atoms with Gasteiger partial charge >= 0.3 is 0 Å². The molecule has 0 spiro atoms. The lowest BCUT2D eigenvalue weighted by Crippen LogP contribution is -2.29. The summed E-state index contributed by atoms with van der Waals surface area (Å²) in [5.74, 6) is 0.0483. The molecule has 3 rings (SSSR count). The number of benzene rings is 1. The summed E-state index contributed by atoms with van der Waals surface area (Å²) >= 11 is 1.59. The number of hydrogen-bond donors (Lipinski definition) is 1. The predicted molar refractivity (Wildman–Crippen MR) is 143 cm³/mol. The van der Waals surface area contributed by atoms with Crippen LogP contribution in [0.25, 0.3) is 0 Å². The van der Waals surface area contributed by atoms with Crippen molar-refractivity contribution in [2.24, 2.45) is 0 Å². The van der Waals surface area contributed by atoms with Crippen molar-refractivity contribution < 1.29 is 4.79 Å². The third kappa shape index (κ3) is 8.56. The molecular weight excluding hydrogens is 438 g/mol. The van der Waals surface area contributed by atoms with Crippen LogP contribution >= 0.6 is 11.3 Å². The summed E-state index contributed by atoms with van der Waals surface area (Å²) < 4.78 is 0. The Morgan fingerprint density at radius 1 is 1.00 bits per heavy atom. The van der Waals surface area contributed by atoms with E-state index in [2.05, 4.69) is 47.5 Å². The quantitative estimate of drug-likeness (QED) is 0.265. The first-order valence-electron chi connectivity index (χ1n) is 13.3. The van der Waals surface area contributed by atoms with Gasteiger partial charge < -0.3 is 5.32 Å². The Hall–Kier alpha value is -2.16. The molecule has 34 heavy (non-hydrogen) atoms. The summed E-state index contributed by atoms with van der Waals surface area (Å²) in [7, 11) is 0. The maximum absolute atomic E-state index is 12.5. The molecule has 0 unspecified atom stereocenters. The van der Waals surface area contributed by atoms with Crippen LogP contribution in [-0.2, 0) is 24.3 Å². The van der Waals surface area contributed by atoms with Crippen molar-refractivity contribution in [3.63, 3.8) is 0 Å². The lowest BCUT2D eigenvalue weighted by atomic mass is 10.0. The largest absolute Gasteiger partial charge is 0.317 e. The van der Waals surface area contributed by atoms with Gasteiger partial charge in [0.05, 0.1) is 5.56 Å². The van der Waals surface area contributed by atoms with E-state index < -0.39 is 0 Å².